The van der Waals surface area contributed by atoms with Crippen molar-refractivity contribution in [3.05, 3.63) is 24.0 Å². The van der Waals surface area contributed by atoms with E-state index in [9.17, 15) is 0 Å². The quantitative estimate of drug-likeness (QED) is 0.851. The van der Waals surface area contributed by atoms with Gasteiger partial charge in [0.25, 0.3) is 0 Å². The van der Waals surface area contributed by atoms with Crippen molar-refractivity contribution in [3.8, 4) is 5.75 Å². The van der Waals surface area contributed by atoms with Crippen LogP contribution in [0.15, 0.2) is 18.5 Å². The van der Waals surface area contributed by atoms with Crippen molar-refractivity contribution >= 4 is 0 Å². The summed E-state index contributed by atoms with van der Waals surface area (Å²) >= 11 is 0. The molecule has 88 valence electrons. The molecular weight excluding hydrogens is 200 g/mol. The number of rotatable bonds is 3. The van der Waals surface area contributed by atoms with Crippen LogP contribution in [-0.2, 0) is 0 Å². The van der Waals surface area contributed by atoms with Crippen LogP contribution in [0.3, 0.4) is 0 Å². The van der Waals surface area contributed by atoms with Crippen LogP contribution in [0.4, 0.5) is 0 Å². The van der Waals surface area contributed by atoms with Crippen LogP contribution in [-0.4, -0.2) is 12.1 Å². The predicted molar refractivity (Wildman–Crippen MR) is 64.2 cm³/mol. The fourth-order valence-electron chi connectivity index (χ4n) is 2.68. The number of hydrogen-bond donors (Lipinski definition) is 1. The number of ether oxygens (including phenoxy) is 1. The highest BCUT2D eigenvalue weighted by Crippen LogP contribution is 2.38. The van der Waals surface area contributed by atoms with Crippen molar-refractivity contribution in [2.24, 2.45) is 17.6 Å². The summed E-state index contributed by atoms with van der Waals surface area (Å²) in [5.74, 6) is 2.11. The molecule has 3 atom stereocenters. The van der Waals surface area contributed by atoms with E-state index < -0.39 is 0 Å². The average Bonchev–Trinajstić information content (AvgIpc) is 2.74. The maximum Gasteiger partial charge on any atom is 0.137 e. The molecule has 0 saturated heterocycles. The van der Waals surface area contributed by atoms with Gasteiger partial charge in [-0.3, -0.25) is 4.98 Å². The Hall–Kier alpha value is -1.09. The second-order valence-electron chi connectivity index (χ2n) is 4.76. The summed E-state index contributed by atoms with van der Waals surface area (Å²) < 4.78 is 5.18. The first-order chi connectivity index (χ1) is 7.72. The summed E-state index contributed by atoms with van der Waals surface area (Å²) in [4.78, 5) is 4.17. The number of nitrogens with two attached hydrogens (primary N) is 1. The minimum atomic E-state index is 0.0973. The molecule has 2 rings (SSSR count). The third-order valence-electron chi connectivity index (χ3n) is 3.74. The first-order valence-electron chi connectivity index (χ1n) is 5.97. The van der Waals surface area contributed by atoms with Crippen molar-refractivity contribution < 1.29 is 4.74 Å². The van der Waals surface area contributed by atoms with Crippen LogP contribution in [0.5, 0.6) is 5.75 Å². The topological polar surface area (TPSA) is 48.1 Å². The molecule has 0 bridgehead atoms. The van der Waals surface area contributed by atoms with E-state index in [0.717, 1.165) is 17.2 Å². The molecular formula is C13H20N2O. The van der Waals surface area contributed by atoms with E-state index >= 15 is 0 Å². The minimum Gasteiger partial charge on any atom is -0.495 e. The first kappa shape index (κ1) is 11.4. The van der Waals surface area contributed by atoms with Gasteiger partial charge >= 0.3 is 0 Å². The summed E-state index contributed by atoms with van der Waals surface area (Å²) in [5, 5.41) is 0. The summed E-state index contributed by atoms with van der Waals surface area (Å²) in [7, 11) is 1.66. The van der Waals surface area contributed by atoms with Gasteiger partial charge in [0, 0.05) is 12.2 Å². The third-order valence-corrected chi connectivity index (χ3v) is 3.74. The zero-order valence-electron chi connectivity index (χ0n) is 10.0. The molecule has 1 heterocycles. The average molecular weight is 220 g/mol. The van der Waals surface area contributed by atoms with Crippen LogP contribution in [0.2, 0.25) is 0 Å². The van der Waals surface area contributed by atoms with E-state index in [2.05, 4.69) is 11.9 Å². The highest BCUT2D eigenvalue weighted by molar-refractivity contribution is 5.26. The molecule has 0 radical (unpaired) electrons. The molecule has 3 unspecified atom stereocenters. The maximum absolute atomic E-state index is 6.32. The first-order valence-corrected chi connectivity index (χ1v) is 5.97. The van der Waals surface area contributed by atoms with Gasteiger partial charge in [0.15, 0.2) is 0 Å². The molecule has 0 spiro atoms. The van der Waals surface area contributed by atoms with E-state index in [1.54, 1.807) is 13.3 Å². The van der Waals surface area contributed by atoms with Crippen LogP contribution in [0.1, 0.15) is 37.8 Å². The van der Waals surface area contributed by atoms with Gasteiger partial charge in [0.2, 0.25) is 0 Å². The Morgan fingerprint density at radius 1 is 1.44 bits per heavy atom. The second-order valence-corrected chi connectivity index (χ2v) is 4.76. The molecule has 1 aliphatic carbocycles. The number of hydrogen-bond acceptors (Lipinski definition) is 3. The van der Waals surface area contributed by atoms with Gasteiger partial charge in [-0.05, 0) is 29.9 Å². The Morgan fingerprint density at radius 2 is 2.25 bits per heavy atom. The van der Waals surface area contributed by atoms with Crippen LogP contribution >= 0.6 is 0 Å². The normalized spacial score (nSPS) is 26.7. The number of methoxy groups -OCH3 is 1. The molecule has 0 aromatic carbocycles. The maximum atomic E-state index is 6.32. The number of nitrogens with zero attached hydrogens (tertiary/aromatic N) is 1. The van der Waals surface area contributed by atoms with Gasteiger partial charge in [-0.1, -0.05) is 19.8 Å². The lowest BCUT2D eigenvalue weighted by molar-refractivity contribution is 0.348. The summed E-state index contributed by atoms with van der Waals surface area (Å²) in [6.45, 7) is 2.30. The second kappa shape index (κ2) is 4.83. The Morgan fingerprint density at radius 3 is 2.88 bits per heavy atom. The lowest BCUT2D eigenvalue weighted by Crippen LogP contribution is -2.23. The molecule has 16 heavy (non-hydrogen) atoms. The molecule has 3 heteroatoms. The fourth-order valence-corrected chi connectivity index (χ4v) is 2.68. The predicted octanol–water partition coefficient (Wildman–Crippen LogP) is 2.53. The fraction of sp³-hybridized carbons (Fsp3) is 0.615. The van der Waals surface area contributed by atoms with Gasteiger partial charge in [-0.15, -0.1) is 0 Å². The molecule has 2 N–H and O–H groups in total. The summed E-state index contributed by atoms with van der Waals surface area (Å²) in [6, 6.07) is 2.10. The lowest BCUT2D eigenvalue weighted by atomic mass is 9.87. The largest absolute Gasteiger partial charge is 0.495 e. The summed E-state index contributed by atoms with van der Waals surface area (Å²) in [5.41, 5.74) is 7.41. The molecule has 1 saturated carbocycles. The zero-order chi connectivity index (χ0) is 11.5. The Kier molecular flexibility index (Phi) is 3.44. The Labute approximate surface area is 97.0 Å². The standard InChI is InChI=1S/C13H20N2O/c1-9-4-3-5-12(9)13(14)10-6-11(16-2)8-15-7-10/h6-9,12-13H,3-5,14H2,1-2H3. The molecule has 1 aliphatic rings. The van der Waals surface area contributed by atoms with Gasteiger partial charge in [0.05, 0.1) is 13.3 Å². The Bertz CT molecular complexity index is 354. The molecule has 0 aliphatic heterocycles. The van der Waals surface area contributed by atoms with Crippen LogP contribution < -0.4 is 10.5 Å². The third kappa shape index (κ3) is 2.19. The highest BCUT2D eigenvalue weighted by Gasteiger charge is 2.29. The van der Waals surface area contributed by atoms with Crippen LogP contribution in [0.25, 0.3) is 0 Å². The smallest absolute Gasteiger partial charge is 0.137 e. The van der Waals surface area contributed by atoms with E-state index in [4.69, 9.17) is 10.5 Å². The number of aromatic nitrogens is 1. The van der Waals surface area contributed by atoms with Crippen LogP contribution in [0, 0.1) is 11.8 Å². The number of pyridine rings is 1. The van der Waals surface area contributed by atoms with Crippen molar-refractivity contribution in [3.63, 3.8) is 0 Å². The molecule has 3 nitrogen and oxygen atoms in total. The van der Waals surface area contributed by atoms with E-state index in [1.165, 1.54) is 19.3 Å². The van der Waals surface area contributed by atoms with Crippen molar-refractivity contribution in [1.29, 1.82) is 0 Å². The lowest BCUT2D eigenvalue weighted by Gasteiger charge is -2.23. The van der Waals surface area contributed by atoms with Gasteiger partial charge in [0.1, 0.15) is 5.75 Å². The molecule has 1 fully saturated rings. The van der Waals surface area contributed by atoms with E-state index in [-0.39, 0.29) is 6.04 Å². The van der Waals surface area contributed by atoms with Gasteiger partial charge in [-0.25, -0.2) is 0 Å². The van der Waals surface area contributed by atoms with Crippen molar-refractivity contribution in [2.45, 2.75) is 32.2 Å². The summed E-state index contributed by atoms with van der Waals surface area (Å²) in [6.07, 6.45) is 7.42. The molecule has 0 amide bonds. The van der Waals surface area contributed by atoms with Gasteiger partial charge in [-0.2, -0.15) is 0 Å². The highest BCUT2D eigenvalue weighted by atomic mass is 16.5. The zero-order valence-corrected chi connectivity index (χ0v) is 10.0. The monoisotopic (exact) mass is 220 g/mol. The SMILES string of the molecule is COc1cncc(C(N)C2CCCC2C)c1. The van der Waals surface area contributed by atoms with Crippen molar-refractivity contribution in [2.75, 3.05) is 7.11 Å². The minimum absolute atomic E-state index is 0.0973. The Balaban J connectivity index is 2.16. The molecule has 1 aromatic rings. The van der Waals surface area contributed by atoms with Crippen molar-refractivity contribution in [1.82, 2.24) is 4.98 Å². The molecule has 1 aromatic heterocycles. The van der Waals surface area contributed by atoms with E-state index in [1.807, 2.05) is 12.3 Å². The van der Waals surface area contributed by atoms with E-state index in [0.29, 0.717) is 5.92 Å². The van der Waals surface area contributed by atoms with Gasteiger partial charge < -0.3 is 10.5 Å².